The van der Waals surface area contributed by atoms with Gasteiger partial charge in [0.25, 0.3) is 5.91 Å². The van der Waals surface area contributed by atoms with Crippen molar-refractivity contribution >= 4 is 28.2 Å². The van der Waals surface area contributed by atoms with Crippen LogP contribution in [0.3, 0.4) is 0 Å². The maximum Gasteiger partial charge on any atom is 0.251 e. The molecule has 1 aromatic carbocycles. The molecule has 1 saturated heterocycles. The average Bonchev–Trinajstić information content (AvgIpc) is 2.39. The van der Waals surface area contributed by atoms with Gasteiger partial charge < -0.3 is 10.6 Å². The molecule has 112 valence electrons. The number of carbonyl (C=O) groups is 1. The summed E-state index contributed by atoms with van der Waals surface area (Å²) in [4.78, 5) is 12.2. The first-order valence-electron chi connectivity index (χ1n) is 6.28. The lowest BCUT2D eigenvalue weighted by Crippen LogP contribution is -2.45. The molecule has 1 aliphatic rings. The summed E-state index contributed by atoms with van der Waals surface area (Å²) < 4.78 is 22.6. The fourth-order valence-corrected chi connectivity index (χ4v) is 2.73. The van der Waals surface area contributed by atoms with Crippen LogP contribution in [0.15, 0.2) is 29.2 Å². The molecule has 1 fully saturated rings. The maximum atomic E-state index is 12.0. The predicted molar refractivity (Wildman–Crippen MR) is 80.2 cm³/mol. The van der Waals surface area contributed by atoms with E-state index in [0.717, 1.165) is 32.2 Å². The summed E-state index contributed by atoms with van der Waals surface area (Å²) in [5.41, 5.74) is 0.484. The highest BCUT2D eigenvalue weighted by atomic mass is 35.5. The van der Waals surface area contributed by atoms with E-state index >= 15 is 0 Å². The average molecular weight is 319 g/mol. The molecule has 0 saturated carbocycles. The molecule has 1 aromatic rings. The van der Waals surface area contributed by atoms with Crippen LogP contribution in [-0.2, 0) is 9.84 Å². The van der Waals surface area contributed by atoms with Gasteiger partial charge in [-0.25, -0.2) is 8.42 Å². The normalized spacial score (nSPS) is 18.9. The zero-order valence-electron chi connectivity index (χ0n) is 11.3. The lowest BCUT2D eigenvalue weighted by atomic mass is 10.1. The molecule has 5 nitrogen and oxygen atoms in total. The lowest BCUT2D eigenvalue weighted by Gasteiger charge is -2.23. The second-order valence-electron chi connectivity index (χ2n) is 4.81. The summed E-state index contributed by atoms with van der Waals surface area (Å²) in [5, 5.41) is 6.17. The van der Waals surface area contributed by atoms with Crippen molar-refractivity contribution in [3.63, 3.8) is 0 Å². The molecule has 1 amide bonds. The van der Waals surface area contributed by atoms with E-state index in [1.54, 1.807) is 12.1 Å². The number of hydrogen-bond donors (Lipinski definition) is 2. The number of hydrogen-bond acceptors (Lipinski definition) is 4. The first-order valence-corrected chi connectivity index (χ1v) is 8.17. The highest BCUT2D eigenvalue weighted by molar-refractivity contribution is 7.90. The Morgan fingerprint density at radius 1 is 1.30 bits per heavy atom. The van der Waals surface area contributed by atoms with E-state index in [2.05, 4.69) is 10.6 Å². The Balaban J connectivity index is 0.00000200. The first-order chi connectivity index (χ1) is 8.97. The van der Waals surface area contributed by atoms with Gasteiger partial charge in [0, 0.05) is 24.4 Å². The summed E-state index contributed by atoms with van der Waals surface area (Å²) in [5.74, 6) is -0.159. The van der Waals surface area contributed by atoms with Crippen LogP contribution in [0.4, 0.5) is 0 Å². The van der Waals surface area contributed by atoms with Crippen molar-refractivity contribution < 1.29 is 13.2 Å². The molecule has 7 heteroatoms. The van der Waals surface area contributed by atoms with Crippen LogP contribution < -0.4 is 10.6 Å². The van der Waals surface area contributed by atoms with Gasteiger partial charge >= 0.3 is 0 Å². The molecular weight excluding hydrogens is 300 g/mol. The van der Waals surface area contributed by atoms with Gasteiger partial charge in [0.15, 0.2) is 9.84 Å². The monoisotopic (exact) mass is 318 g/mol. The predicted octanol–water partition coefficient (Wildman–Crippen LogP) is 0.994. The van der Waals surface area contributed by atoms with Crippen LogP contribution in [0.5, 0.6) is 0 Å². The van der Waals surface area contributed by atoms with Gasteiger partial charge in [0.1, 0.15) is 0 Å². The minimum absolute atomic E-state index is 0. The van der Waals surface area contributed by atoms with E-state index in [-0.39, 0.29) is 29.3 Å². The highest BCUT2D eigenvalue weighted by Gasteiger charge is 2.16. The molecule has 20 heavy (non-hydrogen) atoms. The molecule has 1 aliphatic heterocycles. The van der Waals surface area contributed by atoms with Crippen LogP contribution >= 0.6 is 12.4 Å². The lowest BCUT2D eigenvalue weighted by molar-refractivity contribution is 0.0930. The molecule has 0 aliphatic carbocycles. The third-order valence-electron chi connectivity index (χ3n) is 3.18. The van der Waals surface area contributed by atoms with E-state index in [9.17, 15) is 13.2 Å². The van der Waals surface area contributed by atoms with Gasteiger partial charge in [0.2, 0.25) is 0 Å². The molecule has 0 aromatic heterocycles. The zero-order chi connectivity index (χ0) is 13.9. The summed E-state index contributed by atoms with van der Waals surface area (Å²) in [7, 11) is -3.21. The van der Waals surface area contributed by atoms with Gasteiger partial charge in [-0.05, 0) is 43.7 Å². The van der Waals surface area contributed by atoms with Crippen molar-refractivity contribution in [3.05, 3.63) is 29.8 Å². The van der Waals surface area contributed by atoms with E-state index < -0.39 is 9.84 Å². The van der Waals surface area contributed by atoms with E-state index in [4.69, 9.17) is 0 Å². The van der Waals surface area contributed by atoms with Crippen molar-refractivity contribution in [3.8, 4) is 0 Å². The number of piperidine rings is 1. The Morgan fingerprint density at radius 2 is 1.95 bits per heavy atom. The molecule has 0 radical (unpaired) electrons. The van der Waals surface area contributed by atoms with Crippen LogP contribution in [0.2, 0.25) is 0 Å². The van der Waals surface area contributed by atoms with Gasteiger partial charge in [0.05, 0.1) is 4.90 Å². The molecule has 0 spiro atoms. The zero-order valence-corrected chi connectivity index (χ0v) is 12.9. The maximum absolute atomic E-state index is 12.0. The summed E-state index contributed by atoms with van der Waals surface area (Å²) in [6.45, 7) is 1.78. The van der Waals surface area contributed by atoms with Gasteiger partial charge in [-0.1, -0.05) is 0 Å². The SMILES string of the molecule is CS(=O)(=O)c1ccc(C(=O)NC2CCCNC2)cc1.Cl. The molecule has 2 rings (SSSR count). The topological polar surface area (TPSA) is 75.3 Å². The Kier molecular flexibility index (Phi) is 5.98. The van der Waals surface area contributed by atoms with Crippen molar-refractivity contribution in [1.29, 1.82) is 0 Å². The number of amides is 1. The molecule has 2 N–H and O–H groups in total. The third-order valence-corrected chi connectivity index (χ3v) is 4.31. The Bertz CT molecular complexity index is 551. The van der Waals surface area contributed by atoms with Crippen molar-refractivity contribution in [1.82, 2.24) is 10.6 Å². The molecule has 1 atom stereocenters. The van der Waals surface area contributed by atoms with E-state index in [1.807, 2.05) is 0 Å². The van der Waals surface area contributed by atoms with E-state index in [0.29, 0.717) is 5.56 Å². The third kappa shape index (κ3) is 4.47. The minimum atomic E-state index is -3.21. The van der Waals surface area contributed by atoms with Crippen LogP contribution in [0, 0.1) is 0 Å². The van der Waals surface area contributed by atoms with Crippen LogP contribution in [-0.4, -0.2) is 39.7 Å². The Hall–Kier alpha value is -1.11. The first kappa shape index (κ1) is 16.9. The van der Waals surface area contributed by atoms with Crippen molar-refractivity contribution in [2.75, 3.05) is 19.3 Å². The number of carbonyl (C=O) groups excluding carboxylic acids is 1. The van der Waals surface area contributed by atoms with Gasteiger partial charge in [-0.3, -0.25) is 4.79 Å². The smallest absolute Gasteiger partial charge is 0.251 e. The van der Waals surface area contributed by atoms with Crippen LogP contribution in [0.25, 0.3) is 0 Å². The number of benzene rings is 1. The van der Waals surface area contributed by atoms with Gasteiger partial charge in [-0.15, -0.1) is 12.4 Å². The summed E-state index contributed by atoms with van der Waals surface area (Å²) in [6.07, 6.45) is 3.17. The largest absolute Gasteiger partial charge is 0.348 e. The molecular formula is C13H19ClN2O3S. The van der Waals surface area contributed by atoms with Gasteiger partial charge in [-0.2, -0.15) is 0 Å². The quantitative estimate of drug-likeness (QED) is 0.871. The summed E-state index contributed by atoms with van der Waals surface area (Å²) in [6, 6.07) is 6.16. The molecule has 1 unspecified atom stereocenters. The standard InChI is InChI=1S/C13H18N2O3S.ClH/c1-19(17,18)12-6-4-10(5-7-12)13(16)15-11-3-2-8-14-9-11;/h4-7,11,14H,2-3,8-9H2,1H3,(H,15,16);1H. The minimum Gasteiger partial charge on any atom is -0.348 e. The van der Waals surface area contributed by atoms with E-state index in [1.165, 1.54) is 12.1 Å². The fourth-order valence-electron chi connectivity index (χ4n) is 2.10. The number of sulfone groups is 1. The second-order valence-corrected chi connectivity index (χ2v) is 6.83. The summed E-state index contributed by atoms with van der Waals surface area (Å²) >= 11 is 0. The van der Waals surface area contributed by atoms with Crippen LogP contribution in [0.1, 0.15) is 23.2 Å². The molecule has 0 bridgehead atoms. The van der Waals surface area contributed by atoms with Crippen molar-refractivity contribution in [2.45, 2.75) is 23.8 Å². The Labute approximate surface area is 125 Å². The fraction of sp³-hybridized carbons (Fsp3) is 0.462. The number of halogens is 1. The van der Waals surface area contributed by atoms with Crippen molar-refractivity contribution in [2.24, 2.45) is 0 Å². The molecule has 1 heterocycles. The Morgan fingerprint density at radius 3 is 2.45 bits per heavy atom. The second kappa shape index (κ2) is 7.06. The number of rotatable bonds is 3. The number of nitrogens with one attached hydrogen (secondary N) is 2. The highest BCUT2D eigenvalue weighted by Crippen LogP contribution is 2.11.